The molecule has 32 heavy (non-hydrogen) atoms. The number of halogens is 2. The molecule has 5 nitrogen and oxygen atoms in total. The van der Waals surface area contributed by atoms with Gasteiger partial charge in [0.05, 0.1) is 7.11 Å². The summed E-state index contributed by atoms with van der Waals surface area (Å²) in [6, 6.07) is 18.7. The lowest BCUT2D eigenvalue weighted by Gasteiger charge is -2.17. The van der Waals surface area contributed by atoms with E-state index in [2.05, 4.69) is 10.6 Å². The summed E-state index contributed by atoms with van der Waals surface area (Å²) in [6.45, 7) is 4.53. The fourth-order valence-electron chi connectivity index (χ4n) is 2.97. The fourth-order valence-corrected chi connectivity index (χ4v) is 3.43. The molecule has 3 aromatic carbocycles. The Morgan fingerprint density at radius 1 is 0.969 bits per heavy atom. The Bertz CT molecular complexity index is 1070. The number of benzene rings is 3. The van der Waals surface area contributed by atoms with Crippen LogP contribution < -0.4 is 20.1 Å². The molecule has 3 rings (SSSR count). The number of carbonyl (C=O) groups is 1. The van der Waals surface area contributed by atoms with Crippen LogP contribution in [0.3, 0.4) is 0 Å². The first-order valence-corrected chi connectivity index (χ1v) is 11.0. The average Bonchev–Trinajstić information content (AvgIpc) is 2.78. The van der Waals surface area contributed by atoms with Crippen LogP contribution in [0, 0.1) is 5.92 Å². The lowest BCUT2D eigenvalue weighted by Crippen LogP contribution is -2.17. The van der Waals surface area contributed by atoms with Crippen LogP contribution in [0.2, 0.25) is 10.0 Å². The summed E-state index contributed by atoms with van der Waals surface area (Å²) in [4.78, 5) is 11.8. The molecule has 7 heteroatoms. The second-order valence-corrected chi connectivity index (χ2v) is 8.39. The zero-order valence-electron chi connectivity index (χ0n) is 18.2. The average molecular weight is 473 g/mol. The second kappa shape index (κ2) is 11.1. The van der Waals surface area contributed by atoms with Crippen LogP contribution in [0.4, 0.5) is 11.4 Å². The third kappa shape index (κ3) is 6.31. The van der Waals surface area contributed by atoms with Crippen molar-refractivity contribution in [1.82, 2.24) is 0 Å². The van der Waals surface area contributed by atoms with Crippen molar-refractivity contribution < 1.29 is 14.3 Å². The minimum Gasteiger partial charge on any atom is -0.493 e. The standard InChI is InChI=1S/C25H26Cl2N2O3/c1-16(2)25(30)29-21-11-9-20(10-12-21)28-14-17-5-4-6-23(31-3)24(17)32-15-18-7-8-19(26)13-22(18)27/h4-13,16,28H,14-15H2,1-3H3,(H,29,30). The molecule has 0 bridgehead atoms. The minimum absolute atomic E-state index is 0.00956. The highest BCUT2D eigenvalue weighted by Gasteiger charge is 2.12. The quantitative estimate of drug-likeness (QED) is 0.359. The molecule has 3 aromatic rings. The number of ether oxygens (including phenoxy) is 2. The lowest BCUT2D eigenvalue weighted by atomic mass is 10.1. The number of carbonyl (C=O) groups excluding carboxylic acids is 1. The molecule has 0 aromatic heterocycles. The highest BCUT2D eigenvalue weighted by atomic mass is 35.5. The van der Waals surface area contributed by atoms with Gasteiger partial charge >= 0.3 is 0 Å². The van der Waals surface area contributed by atoms with Crippen molar-refractivity contribution in [1.29, 1.82) is 0 Å². The Morgan fingerprint density at radius 3 is 2.34 bits per heavy atom. The summed E-state index contributed by atoms with van der Waals surface area (Å²) < 4.78 is 11.6. The molecule has 0 aliphatic carbocycles. The van der Waals surface area contributed by atoms with E-state index in [-0.39, 0.29) is 18.4 Å². The van der Waals surface area contributed by atoms with Crippen molar-refractivity contribution in [3.05, 3.63) is 81.8 Å². The summed E-state index contributed by atoms with van der Waals surface area (Å²) in [7, 11) is 1.61. The van der Waals surface area contributed by atoms with Crippen LogP contribution >= 0.6 is 23.2 Å². The smallest absolute Gasteiger partial charge is 0.226 e. The highest BCUT2D eigenvalue weighted by molar-refractivity contribution is 6.35. The first-order valence-electron chi connectivity index (χ1n) is 10.2. The summed E-state index contributed by atoms with van der Waals surface area (Å²) in [5, 5.41) is 7.40. The van der Waals surface area contributed by atoms with Crippen molar-refractivity contribution in [3.8, 4) is 11.5 Å². The van der Waals surface area contributed by atoms with Crippen LogP contribution in [0.1, 0.15) is 25.0 Å². The SMILES string of the molecule is COc1cccc(CNc2ccc(NC(=O)C(C)C)cc2)c1OCc1ccc(Cl)cc1Cl. The highest BCUT2D eigenvalue weighted by Crippen LogP contribution is 2.33. The third-order valence-electron chi connectivity index (χ3n) is 4.83. The summed E-state index contributed by atoms with van der Waals surface area (Å²) in [5.41, 5.74) is 3.45. The maximum absolute atomic E-state index is 11.8. The van der Waals surface area contributed by atoms with Crippen LogP contribution in [0.5, 0.6) is 11.5 Å². The van der Waals surface area contributed by atoms with Gasteiger partial charge in [-0.1, -0.05) is 55.2 Å². The molecule has 0 aliphatic rings. The number of para-hydroxylation sites is 1. The zero-order chi connectivity index (χ0) is 23.1. The molecule has 0 aliphatic heterocycles. The number of amides is 1. The molecule has 0 spiro atoms. The van der Waals surface area contributed by atoms with E-state index in [9.17, 15) is 4.79 Å². The monoisotopic (exact) mass is 472 g/mol. The lowest BCUT2D eigenvalue weighted by molar-refractivity contribution is -0.118. The molecule has 0 unspecified atom stereocenters. The van der Waals surface area contributed by atoms with E-state index in [1.807, 2.05) is 62.4 Å². The van der Waals surface area contributed by atoms with E-state index in [0.717, 1.165) is 22.5 Å². The van der Waals surface area contributed by atoms with Gasteiger partial charge in [-0.2, -0.15) is 0 Å². The molecule has 0 saturated carbocycles. The zero-order valence-corrected chi connectivity index (χ0v) is 19.8. The molecule has 168 valence electrons. The van der Waals surface area contributed by atoms with Crippen LogP contribution in [0.25, 0.3) is 0 Å². The number of methoxy groups -OCH3 is 1. The number of anilines is 2. The van der Waals surface area contributed by atoms with Gasteiger partial charge in [-0.05, 0) is 42.5 Å². The minimum atomic E-state index is -0.0676. The summed E-state index contributed by atoms with van der Waals surface area (Å²) in [6.07, 6.45) is 0. The summed E-state index contributed by atoms with van der Waals surface area (Å²) >= 11 is 12.3. The molecule has 0 fully saturated rings. The number of rotatable bonds is 9. The molecule has 2 N–H and O–H groups in total. The van der Waals surface area contributed by atoms with Crippen molar-refractivity contribution in [2.75, 3.05) is 17.7 Å². The third-order valence-corrected chi connectivity index (χ3v) is 5.41. The van der Waals surface area contributed by atoms with Crippen LogP contribution in [-0.2, 0) is 17.9 Å². The number of nitrogens with one attached hydrogen (secondary N) is 2. The van der Waals surface area contributed by atoms with Gasteiger partial charge in [0.15, 0.2) is 11.5 Å². The van der Waals surface area contributed by atoms with Gasteiger partial charge in [0.1, 0.15) is 6.61 Å². The fraction of sp³-hybridized carbons (Fsp3) is 0.240. The van der Waals surface area contributed by atoms with Gasteiger partial charge in [0.2, 0.25) is 5.91 Å². The van der Waals surface area contributed by atoms with Gasteiger partial charge in [-0.25, -0.2) is 0 Å². The second-order valence-electron chi connectivity index (χ2n) is 7.55. The Labute approximate surface area is 198 Å². The topological polar surface area (TPSA) is 59.6 Å². The van der Waals surface area contributed by atoms with Crippen molar-refractivity contribution in [3.63, 3.8) is 0 Å². The van der Waals surface area contributed by atoms with Gasteiger partial charge in [-0.15, -0.1) is 0 Å². The van der Waals surface area contributed by atoms with Crippen molar-refractivity contribution in [2.24, 2.45) is 5.92 Å². The Hall–Kier alpha value is -2.89. The molecule has 0 saturated heterocycles. The summed E-state index contributed by atoms with van der Waals surface area (Å²) in [5.74, 6) is 1.21. The van der Waals surface area contributed by atoms with E-state index in [0.29, 0.717) is 28.1 Å². The van der Waals surface area contributed by atoms with E-state index in [1.165, 1.54) is 0 Å². The molecular formula is C25H26Cl2N2O3. The Balaban J connectivity index is 1.69. The van der Waals surface area contributed by atoms with Gasteiger partial charge in [0.25, 0.3) is 0 Å². The van der Waals surface area contributed by atoms with E-state index in [1.54, 1.807) is 19.2 Å². The Kier molecular flexibility index (Phi) is 8.26. The Morgan fingerprint density at radius 2 is 1.69 bits per heavy atom. The maximum atomic E-state index is 11.8. The molecule has 0 atom stereocenters. The first kappa shape index (κ1) is 23.8. The van der Waals surface area contributed by atoms with Crippen LogP contribution in [0.15, 0.2) is 60.7 Å². The number of hydrogen-bond donors (Lipinski definition) is 2. The molecule has 0 heterocycles. The molecule has 0 radical (unpaired) electrons. The van der Waals surface area contributed by atoms with E-state index in [4.69, 9.17) is 32.7 Å². The van der Waals surface area contributed by atoms with E-state index < -0.39 is 0 Å². The number of hydrogen-bond acceptors (Lipinski definition) is 4. The normalized spacial score (nSPS) is 10.7. The van der Waals surface area contributed by atoms with Crippen molar-refractivity contribution >= 4 is 40.5 Å². The van der Waals surface area contributed by atoms with E-state index >= 15 is 0 Å². The molecular weight excluding hydrogens is 447 g/mol. The van der Waals surface area contributed by atoms with Gasteiger partial charge < -0.3 is 20.1 Å². The predicted molar refractivity (Wildman–Crippen MR) is 131 cm³/mol. The first-order chi connectivity index (χ1) is 15.4. The van der Waals surface area contributed by atoms with Gasteiger partial charge in [-0.3, -0.25) is 4.79 Å². The van der Waals surface area contributed by atoms with Crippen molar-refractivity contribution in [2.45, 2.75) is 27.0 Å². The predicted octanol–water partition coefficient (Wildman–Crippen LogP) is 6.79. The largest absolute Gasteiger partial charge is 0.493 e. The van der Waals surface area contributed by atoms with Gasteiger partial charge in [0, 0.05) is 45.0 Å². The molecule has 1 amide bonds. The maximum Gasteiger partial charge on any atom is 0.226 e. The van der Waals surface area contributed by atoms with Crippen LogP contribution in [-0.4, -0.2) is 13.0 Å².